The standard InChI is InChI=1S/C21H26N2OS/c24-21(18-10-9-16-6-1-2-7-17(16)14-18)22-15-19(20-8-5-13-25-20)23-11-3-4-12-23/h5,8-10,13-14,19H,1-4,6-7,11-12,15H2,(H,22,24). The van der Waals surface area contributed by atoms with E-state index in [0.717, 1.165) is 31.5 Å². The minimum atomic E-state index is 0.0640. The maximum atomic E-state index is 12.7. The van der Waals surface area contributed by atoms with Gasteiger partial charge >= 0.3 is 0 Å². The summed E-state index contributed by atoms with van der Waals surface area (Å²) in [6.45, 7) is 2.96. The summed E-state index contributed by atoms with van der Waals surface area (Å²) in [6, 6.07) is 10.9. The summed E-state index contributed by atoms with van der Waals surface area (Å²) in [5, 5.41) is 5.33. The summed E-state index contributed by atoms with van der Waals surface area (Å²) in [4.78, 5) is 16.6. The monoisotopic (exact) mass is 354 g/mol. The van der Waals surface area contributed by atoms with Crippen molar-refractivity contribution < 1.29 is 4.79 Å². The molecular weight excluding hydrogens is 328 g/mol. The quantitative estimate of drug-likeness (QED) is 0.873. The second kappa shape index (κ2) is 7.71. The number of carbonyl (C=O) groups is 1. The zero-order valence-corrected chi connectivity index (χ0v) is 15.5. The molecule has 4 rings (SSSR count). The third-order valence-corrected chi connectivity index (χ3v) is 6.49. The van der Waals surface area contributed by atoms with Gasteiger partial charge in [-0.3, -0.25) is 9.69 Å². The summed E-state index contributed by atoms with van der Waals surface area (Å²) in [5.74, 6) is 0.0640. The molecular formula is C21H26N2OS. The molecule has 25 heavy (non-hydrogen) atoms. The fraction of sp³-hybridized carbons (Fsp3) is 0.476. The number of carbonyl (C=O) groups excluding carboxylic acids is 1. The molecule has 2 aromatic rings. The number of fused-ring (bicyclic) bond motifs is 1. The van der Waals surface area contributed by atoms with E-state index in [1.54, 1.807) is 11.3 Å². The van der Waals surface area contributed by atoms with E-state index in [2.05, 4.69) is 39.9 Å². The summed E-state index contributed by atoms with van der Waals surface area (Å²) in [6.07, 6.45) is 7.32. The van der Waals surface area contributed by atoms with Crippen LogP contribution in [-0.2, 0) is 12.8 Å². The van der Waals surface area contributed by atoms with Crippen molar-refractivity contribution in [3.8, 4) is 0 Å². The Balaban J connectivity index is 1.44. The number of rotatable bonds is 5. The van der Waals surface area contributed by atoms with Crippen LogP contribution in [0.5, 0.6) is 0 Å². The number of hydrogen-bond acceptors (Lipinski definition) is 3. The highest BCUT2D eigenvalue weighted by Crippen LogP contribution is 2.28. The Morgan fingerprint density at radius 2 is 1.88 bits per heavy atom. The fourth-order valence-electron chi connectivity index (χ4n) is 4.11. The Hall–Kier alpha value is -1.65. The zero-order chi connectivity index (χ0) is 17.1. The topological polar surface area (TPSA) is 32.3 Å². The molecule has 3 nitrogen and oxygen atoms in total. The summed E-state index contributed by atoms with van der Waals surface area (Å²) in [7, 11) is 0. The molecule has 1 amide bonds. The molecule has 1 aliphatic heterocycles. The molecule has 2 aliphatic rings. The van der Waals surface area contributed by atoms with Crippen LogP contribution < -0.4 is 5.32 Å². The third kappa shape index (κ3) is 3.80. The van der Waals surface area contributed by atoms with Crippen molar-refractivity contribution in [1.29, 1.82) is 0 Å². The molecule has 0 radical (unpaired) electrons. The van der Waals surface area contributed by atoms with E-state index in [1.807, 2.05) is 6.07 Å². The van der Waals surface area contributed by atoms with Gasteiger partial charge in [0.05, 0.1) is 6.04 Å². The molecule has 1 aromatic heterocycles. The van der Waals surface area contributed by atoms with Crippen molar-refractivity contribution in [2.45, 2.75) is 44.6 Å². The van der Waals surface area contributed by atoms with E-state index in [0.29, 0.717) is 12.6 Å². The first-order chi connectivity index (χ1) is 12.3. The van der Waals surface area contributed by atoms with Gasteiger partial charge in [-0.2, -0.15) is 0 Å². The van der Waals surface area contributed by atoms with Gasteiger partial charge in [0.1, 0.15) is 0 Å². The SMILES string of the molecule is O=C(NCC(c1cccs1)N1CCCC1)c1ccc2c(c1)CCCC2. The molecule has 0 bridgehead atoms. The van der Waals surface area contributed by atoms with Gasteiger partial charge in [0.25, 0.3) is 5.91 Å². The first-order valence-corrected chi connectivity index (χ1v) is 10.4. The molecule has 1 unspecified atom stereocenters. The summed E-state index contributed by atoms with van der Waals surface area (Å²) >= 11 is 1.79. The number of thiophene rings is 1. The van der Waals surface area contributed by atoms with Gasteiger partial charge in [0.2, 0.25) is 0 Å². The largest absolute Gasteiger partial charge is 0.350 e. The van der Waals surface area contributed by atoms with E-state index in [4.69, 9.17) is 0 Å². The second-order valence-electron chi connectivity index (χ2n) is 7.17. The molecule has 2 heterocycles. The first-order valence-electron chi connectivity index (χ1n) is 9.49. The van der Waals surface area contributed by atoms with Crippen LogP contribution in [-0.4, -0.2) is 30.4 Å². The number of nitrogens with one attached hydrogen (secondary N) is 1. The van der Waals surface area contributed by atoms with E-state index in [1.165, 1.54) is 41.7 Å². The smallest absolute Gasteiger partial charge is 0.251 e. The zero-order valence-electron chi connectivity index (χ0n) is 14.7. The molecule has 1 fully saturated rings. The van der Waals surface area contributed by atoms with Crippen LogP contribution >= 0.6 is 11.3 Å². The van der Waals surface area contributed by atoms with Crippen molar-refractivity contribution in [2.24, 2.45) is 0 Å². The highest BCUT2D eigenvalue weighted by molar-refractivity contribution is 7.10. The van der Waals surface area contributed by atoms with Crippen LogP contribution in [0, 0.1) is 0 Å². The van der Waals surface area contributed by atoms with E-state index in [9.17, 15) is 4.79 Å². The molecule has 0 saturated carbocycles. The number of aryl methyl sites for hydroxylation is 2. The fourth-order valence-corrected chi connectivity index (χ4v) is 4.97. The maximum absolute atomic E-state index is 12.7. The first kappa shape index (κ1) is 16.8. The van der Waals surface area contributed by atoms with Crippen molar-refractivity contribution >= 4 is 17.2 Å². The van der Waals surface area contributed by atoms with E-state index in [-0.39, 0.29) is 5.91 Å². The second-order valence-corrected chi connectivity index (χ2v) is 8.15. The van der Waals surface area contributed by atoms with Crippen LogP contribution in [0.15, 0.2) is 35.7 Å². The normalized spacial score (nSPS) is 18.7. The van der Waals surface area contributed by atoms with Crippen molar-refractivity contribution in [2.75, 3.05) is 19.6 Å². The Labute approximate surface area is 154 Å². The lowest BCUT2D eigenvalue weighted by molar-refractivity contribution is 0.0938. The lowest BCUT2D eigenvalue weighted by atomic mass is 9.90. The molecule has 1 N–H and O–H groups in total. The lowest BCUT2D eigenvalue weighted by Gasteiger charge is -2.27. The number of likely N-dealkylation sites (tertiary alicyclic amines) is 1. The number of amides is 1. The van der Waals surface area contributed by atoms with Gasteiger partial charge in [0.15, 0.2) is 0 Å². The van der Waals surface area contributed by atoms with Gasteiger partial charge in [-0.1, -0.05) is 12.1 Å². The number of benzene rings is 1. The average Bonchev–Trinajstić information content (AvgIpc) is 3.36. The van der Waals surface area contributed by atoms with Gasteiger partial charge in [0, 0.05) is 17.0 Å². The van der Waals surface area contributed by atoms with Crippen LogP contribution in [0.3, 0.4) is 0 Å². The third-order valence-electron chi connectivity index (χ3n) is 5.52. The Kier molecular flexibility index (Phi) is 5.18. The Bertz CT molecular complexity index is 720. The van der Waals surface area contributed by atoms with Crippen molar-refractivity contribution in [1.82, 2.24) is 10.2 Å². The molecule has 0 spiro atoms. The predicted molar refractivity (Wildman–Crippen MR) is 103 cm³/mol. The maximum Gasteiger partial charge on any atom is 0.251 e. The number of hydrogen-bond donors (Lipinski definition) is 1. The van der Waals surface area contributed by atoms with Crippen LogP contribution in [0.4, 0.5) is 0 Å². The molecule has 1 atom stereocenters. The highest BCUT2D eigenvalue weighted by Gasteiger charge is 2.25. The van der Waals surface area contributed by atoms with Crippen LogP contribution in [0.2, 0.25) is 0 Å². The van der Waals surface area contributed by atoms with Crippen LogP contribution in [0.25, 0.3) is 0 Å². The minimum Gasteiger partial charge on any atom is -0.350 e. The summed E-state index contributed by atoms with van der Waals surface area (Å²) in [5.41, 5.74) is 3.61. The summed E-state index contributed by atoms with van der Waals surface area (Å²) < 4.78 is 0. The minimum absolute atomic E-state index is 0.0640. The molecule has 1 aromatic carbocycles. The molecule has 132 valence electrons. The van der Waals surface area contributed by atoms with E-state index >= 15 is 0 Å². The van der Waals surface area contributed by atoms with Crippen LogP contribution in [0.1, 0.15) is 58.1 Å². The molecule has 1 aliphatic carbocycles. The van der Waals surface area contributed by atoms with Gasteiger partial charge < -0.3 is 5.32 Å². The Morgan fingerprint density at radius 1 is 1.08 bits per heavy atom. The highest BCUT2D eigenvalue weighted by atomic mass is 32.1. The Morgan fingerprint density at radius 3 is 2.64 bits per heavy atom. The van der Waals surface area contributed by atoms with Gasteiger partial charge in [-0.15, -0.1) is 11.3 Å². The average molecular weight is 355 g/mol. The van der Waals surface area contributed by atoms with Crippen molar-refractivity contribution in [3.05, 3.63) is 57.3 Å². The molecule has 1 saturated heterocycles. The number of nitrogens with zero attached hydrogens (tertiary/aromatic N) is 1. The lowest BCUT2D eigenvalue weighted by Crippen LogP contribution is -2.36. The molecule has 4 heteroatoms. The van der Waals surface area contributed by atoms with E-state index < -0.39 is 0 Å². The predicted octanol–water partition coefficient (Wildman–Crippen LogP) is 4.19. The van der Waals surface area contributed by atoms with Gasteiger partial charge in [-0.25, -0.2) is 0 Å². The van der Waals surface area contributed by atoms with Crippen molar-refractivity contribution in [3.63, 3.8) is 0 Å². The van der Waals surface area contributed by atoms with Gasteiger partial charge in [-0.05, 0) is 86.3 Å².